The van der Waals surface area contributed by atoms with Gasteiger partial charge in [-0.25, -0.2) is 9.78 Å². The molecule has 1 aromatic heterocycles. The molecule has 0 atom stereocenters. The van der Waals surface area contributed by atoms with Gasteiger partial charge in [0, 0.05) is 19.2 Å². The summed E-state index contributed by atoms with van der Waals surface area (Å²) >= 11 is 0. The number of hydrogen-bond acceptors (Lipinski definition) is 4. The van der Waals surface area contributed by atoms with Crippen LogP contribution in [-0.2, 0) is 9.53 Å². The summed E-state index contributed by atoms with van der Waals surface area (Å²) in [6.45, 7) is 6.84. The molecule has 1 heterocycles. The Hall–Kier alpha value is -2.11. The van der Waals surface area contributed by atoms with E-state index in [1.54, 1.807) is 12.3 Å². The normalized spacial score (nSPS) is 14.5. The lowest BCUT2D eigenvalue weighted by Crippen LogP contribution is -2.27. The summed E-state index contributed by atoms with van der Waals surface area (Å²) in [7, 11) is 0. The van der Waals surface area contributed by atoms with Crippen LogP contribution in [0.4, 0.5) is 16.3 Å². The van der Waals surface area contributed by atoms with Crippen LogP contribution in [0.2, 0.25) is 0 Å². The molecule has 6 nitrogen and oxygen atoms in total. The Bertz CT molecular complexity index is 560. The van der Waals surface area contributed by atoms with Crippen LogP contribution >= 0.6 is 0 Å². The first-order valence-corrected chi connectivity index (χ1v) is 7.02. The maximum atomic E-state index is 11.9. The van der Waals surface area contributed by atoms with Crippen molar-refractivity contribution in [3.05, 3.63) is 17.8 Å². The second-order valence-electron chi connectivity index (χ2n) is 6.24. The summed E-state index contributed by atoms with van der Waals surface area (Å²) in [6.07, 6.45) is 3.37. The van der Waals surface area contributed by atoms with Gasteiger partial charge in [-0.1, -0.05) is 0 Å². The standard InChI is InChI=1S/C15H21N3O3/c1-9(19)17-13-7-12(11(8-16-13)10-5-6-10)18-14(20)21-15(2,3)4/h7-8,10H,5-6H2,1-4H3,(H2,16,17,18,19,20). The quantitative estimate of drug-likeness (QED) is 0.895. The molecule has 0 radical (unpaired) electrons. The second-order valence-corrected chi connectivity index (χ2v) is 6.24. The summed E-state index contributed by atoms with van der Waals surface area (Å²) in [5, 5.41) is 5.36. The zero-order valence-electron chi connectivity index (χ0n) is 12.8. The van der Waals surface area contributed by atoms with Crippen molar-refractivity contribution >= 4 is 23.5 Å². The Labute approximate surface area is 124 Å². The molecule has 6 heteroatoms. The van der Waals surface area contributed by atoms with Crippen LogP contribution < -0.4 is 10.6 Å². The number of carbonyl (C=O) groups is 2. The van der Waals surface area contributed by atoms with Gasteiger partial charge in [-0.3, -0.25) is 10.1 Å². The smallest absolute Gasteiger partial charge is 0.412 e. The molecule has 1 aliphatic carbocycles. The third kappa shape index (κ3) is 4.73. The molecule has 0 aromatic carbocycles. The molecule has 1 aliphatic rings. The van der Waals surface area contributed by atoms with Crippen molar-refractivity contribution in [1.29, 1.82) is 0 Å². The van der Waals surface area contributed by atoms with Gasteiger partial charge in [0.25, 0.3) is 0 Å². The molecule has 0 unspecified atom stereocenters. The maximum absolute atomic E-state index is 11.9. The highest BCUT2D eigenvalue weighted by Crippen LogP contribution is 2.43. The van der Waals surface area contributed by atoms with Gasteiger partial charge >= 0.3 is 6.09 Å². The van der Waals surface area contributed by atoms with Crippen LogP contribution in [0.3, 0.4) is 0 Å². The molecular weight excluding hydrogens is 270 g/mol. The predicted molar refractivity (Wildman–Crippen MR) is 80.4 cm³/mol. The van der Waals surface area contributed by atoms with E-state index in [-0.39, 0.29) is 5.91 Å². The summed E-state index contributed by atoms with van der Waals surface area (Å²) in [6, 6.07) is 1.67. The topological polar surface area (TPSA) is 80.3 Å². The number of aromatic nitrogens is 1. The minimum absolute atomic E-state index is 0.204. The largest absolute Gasteiger partial charge is 0.444 e. The molecule has 0 bridgehead atoms. The SMILES string of the molecule is CC(=O)Nc1cc(NC(=O)OC(C)(C)C)c(C2CC2)cn1. The maximum Gasteiger partial charge on any atom is 0.412 e. The van der Waals surface area contributed by atoms with Crippen molar-refractivity contribution in [2.45, 2.75) is 52.1 Å². The fourth-order valence-electron chi connectivity index (χ4n) is 1.96. The number of nitrogens with one attached hydrogen (secondary N) is 2. The minimum atomic E-state index is -0.558. The van der Waals surface area contributed by atoms with Crippen molar-refractivity contribution in [3.63, 3.8) is 0 Å². The summed E-state index contributed by atoms with van der Waals surface area (Å²) in [4.78, 5) is 27.2. The van der Waals surface area contributed by atoms with Crippen LogP contribution in [0, 0.1) is 0 Å². The number of amides is 2. The Kier molecular flexibility index (Phi) is 4.16. The molecule has 1 fully saturated rings. The molecule has 21 heavy (non-hydrogen) atoms. The summed E-state index contributed by atoms with van der Waals surface area (Å²) < 4.78 is 5.26. The number of rotatable bonds is 3. The zero-order valence-corrected chi connectivity index (χ0v) is 12.8. The molecule has 0 aliphatic heterocycles. The first-order valence-electron chi connectivity index (χ1n) is 7.02. The minimum Gasteiger partial charge on any atom is -0.444 e. The van der Waals surface area contributed by atoms with Gasteiger partial charge in [-0.05, 0) is 45.1 Å². The van der Waals surface area contributed by atoms with E-state index in [1.165, 1.54) is 6.92 Å². The molecule has 2 N–H and O–H groups in total. The van der Waals surface area contributed by atoms with Gasteiger partial charge in [-0.2, -0.15) is 0 Å². The third-order valence-electron chi connectivity index (χ3n) is 2.89. The lowest BCUT2D eigenvalue weighted by Gasteiger charge is -2.20. The fourth-order valence-corrected chi connectivity index (χ4v) is 1.96. The monoisotopic (exact) mass is 291 g/mol. The molecule has 0 spiro atoms. The lowest BCUT2D eigenvalue weighted by atomic mass is 10.1. The first-order chi connectivity index (χ1) is 9.74. The van der Waals surface area contributed by atoms with Crippen LogP contribution in [-0.4, -0.2) is 22.6 Å². The van der Waals surface area contributed by atoms with E-state index in [4.69, 9.17) is 4.74 Å². The van der Waals surface area contributed by atoms with E-state index >= 15 is 0 Å². The van der Waals surface area contributed by atoms with E-state index < -0.39 is 11.7 Å². The molecule has 0 saturated heterocycles. The molecule has 1 aromatic rings. The molecule has 2 amide bonds. The number of pyridine rings is 1. The van der Waals surface area contributed by atoms with Crippen molar-refractivity contribution in [1.82, 2.24) is 4.98 Å². The van der Waals surface area contributed by atoms with Crippen molar-refractivity contribution in [2.75, 3.05) is 10.6 Å². The average Bonchev–Trinajstić information content (AvgIpc) is 3.09. The van der Waals surface area contributed by atoms with E-state index in [2.05, 4.69) is 15.6 Å². The van der Waals surface area contributed by atoms with Crippen molar-refractivity contribution in [3.8, 4) is 0 Å². The first kappa shape index (κ1) is 15.3. The Balaban J connectivity index is 2.18. The van der Waals surface area contributed by atoms with Gasteiger partial charge in [0.15, 0.2) is 0 Å². The summed E-state index contributed by atoms with van der Waals surface area (Å²) in [5.41, 5.74) is 1.07. The predicted octanol–water partition coefficient (Wildman–Crippen LogP) is 3.26. The number of anilines is 2. The van der Waals surface area contributed by atoms with Crippen molar-refractivity contribution in [2.24, 2.45) is 0 Å². The highest BCUT2D eigenvalue weighted by molar-refractivity contribution is 5.90. The van der Waals surface area contributed by atoms with E-state index in [1.807, 2.05) is 20.8 Å². The lowest BCUT2D eigenvalue weighted by molar-refractivity contribution is -0.114. The number of ether oxygens (including phenoxy) is 1. The highest BCUT2D eigenvalue weighted by Gasteiger charge is 2.28. The number of carbonyl (C=O) groups excluding carboxylic acids is 2. The van der Waals surface area contributed by atoms with Gasteiger partial charge in [0.05, 0.1) is 5.69 Å². The molecule has 114 valence electrons. The van der Waals surface area contributed by atoms with Crippen LogP contribution in [0.15, 0.2) is 12.3 Å². The highest BCUT2D eigenvalue weighted by atomic mass is 16.6. The van der Waals surface area contributed by atoms with E-state index in [0.29, 0.717) is 17.4 Å². The van der Waals surface area contributed by atoms with Crippen molar-refractivity contribution < 1.29 is 14.3 Å². The van der Waals surface area contributed by atoms with Gasteiger partial charge < -0.3 is 10.1 Å². The Morgan fingerprint density at radius 3 is 2.48 bits per heavy atom. The number of hydrogen-bond donors (Lipinski definition) is 2. The van der Waals surface area contributed by atoms with E-state index in [9.17, 15) is 9.59 Å². The van der Waals surface area contributed by atoms with Crippen LogP contribution in [0.1, 0.15) is 52.0 Å². The fraction of sp³-hybridized carbons (Fsp3) is 0.533. The third-order valence-corrected chi connectivity index (χ3v) is 2.89. The molecule has 2 rings (SSSR count). The average molecular weight is 291 g/mol. The Morgan fingerprint density at radius 1 is 1.29 bits per heavy atom. The van der Waals surface area contributed by atoms with Gasteiger partial charge in [0.1, 0.15) is 11.4 Å². The zero-order chi connectivity index (χ0) is 15.6. The van der Waals surface area contributed by atoms with Gasteiger partial charge in [0.2, 0.25) is 5.91 Å². The molecular formula is C15H21N3O3. The Morgan fingerprint density at radius 2 is 1.95 bits per heavy atom. The van der Waals surface area contributed by atoms with Crippen LogP contribution in [0.25, 0.3) is 0 Å². The van der Waals surface area contributed by atoms with Gasteiger partial charge in [-0.15, -0.1) is 0 Å². The summed E-state index contributed by atoms with van der Waals surface area (Å²) in [5.74, 6) is 0.636. The number of nitrogens with zero attached hydrogens (tertiary/aromatic N) is 1. The van der Waals surface area contributed by atoms with E-state index in [0.717, 1.165) is 18.4 Å². The second kappa shape index (κ2) is 5.71. The molecule has 1 saturated carbocycles. The van der Waals surface area contributed by atoms with Crippen LogP contribution in [0.5, 0.6) is 0 Å².